The molecule has 1 rings (SSSR count). The molecule has 2 heteroatoms. The van der Waals surface area contributed by atoms with Crippen LogP contribution in [0, 0.1) is 0 Å². The summed E-state index contributed by atoms with van der Waals surface area (Å²) in [5.41, 5.74) is 1.56. The van der Waals surface area contributed by atoms with Crippen molar-refractivity contribution in [2.24, 2.45) is 0 Å². The summed E-state index contributed by atoms with van der Waals surface area (Å²) in [6.07, 6.45) is 4.39. The number of phenols is 1. The monoisotopic (exact) mass is 220 g/mol. The van der Waals surface area contributed by atoms with Crippen LogP contribution < -0.4 is 0 Å². The maximum atomic E-state index is 11.7. The number of ketones is 1. The number of unbranched alkanes of at least 4 members (excludes halogenated alkanes) is 1. The lowest BCUT2D eigenvalue weighted by atomic mass is 10.0. The Labute approximate surface area is 97.3 Å². The van der Waals surface area contributed by atoms with Crippen LogP contribution in [0.25, 0.3) is 0 Å². The maximum Gasteiger partial charge on any atom is 0.166 e. The number of hydrogen-bond acceptors (Lipinski definition) is 2. The molecule has 0 atom stereocenters. The number of benzene rings is 1. The van der Waals surface area contributed by atoms with Crippen molar-refractivity contribution in [3.8, 4) is 5.75 Å². The molecule has 0 amide bonds. The van der Waals surface area contributed by atoms with E-state index in [1.165, 1.54) is 0 Å². The Kier molecular flexibility index (Phi) is 5.03. The molecular weight excluding hydrogens is 200 g/mol. The van der Waals surface area contributed by atoms with Crippen molar-refractivity contribution in [2.75, 3.05) is 0 Å². The predicted molar refractivity (Wildman–Crippen MR) is 66.0 cm³/mol. The van der Waals surface area contributed by atoms with Crippen molar-refractivity contribution < 1.29 is 9.90 Å². The lowest BCUT2D eigenvalue weighted by molar-refractivity contribution is 0.0977. The number of phenolic OH excluding ortho intramolecular Hbond substituents is 1. The summed E-state index contributed by atoms with van der Waals surface area (Å²) in [5.74, 6) is 0.175. The van der Waals surface area contributed by atoms with E-state index >= 15 is 0 Å². The molecular formula is C14H20O2. The maximum absolute atomic E-state index is 11.7. The average molecular weight is 220 g/mol. The predicted octanol–water partition coefficient (Wildman–Crippen LogP) is 3.72. The van der Waals surface area contributed by atoms with Gasteiger partial charge >= 0.3 is 0 Å². The third kappa shape index (κ3) is 3.37. The Bertz CT molecular complexity index is 356. The highest BCUT2D eigenvalue weighted by Crippen LogP contribution is 2.21. The number of aryl methyl sites for hydroxylation is 1. The third-order valence-electron chi connectivity index (χ3n) is 2.66. The van der Waals surface area contributed by atoms with E-state index in [-0.39, 0.29) is 11.5 Å². The zero-order valence-corrected chi connectivity index (χ0v) is 10.1. The van der Waals surface area contributed by atoms with Crippen molar-refractivity contribution in [2.45, 2.75) is 46.0 Å². The van der Waals surface area contributed by atoms with Gasteiger partial charge in [-0.25, -0.2) is 0 Å². The molecule has 0 saturated heterocycles. The Hall–Kier alpha value is -1.31. The van der Waals surface area contributed by atoms with Gasteiger partial charge in [0.25, 0.3) is 0 Å². The first-order chi connectivity index (χ1) is 7.69. The first-order valence-corrected chi connectivity index (χ1v) is 6.04. The number of hydrogen-bond donors (Lipinski definition) is 1. The smallest absolute Gasteiger partial charge is 0.166 e. The number of Topliss-reactive ketones (excluding diaryl/α,β-unsaturated/α-hetero) is 1. The van der Waals surface area contributed by atoms with Crippen LogP contribution in [0.5, 0.6) is 5.75 Å². The van der Waals surface area contributed by atoms with E-state index in [2.05, 4.69) is 13.8 Å². The molecule has 0 unspecified atom stereocenters. The van der Waals surface area contributed by atoms with Crippen LogP contribution in [-0.2, 0) is 6.42 Å². The van der Waals surface area contributed by atoms with Crippen LogP contribution in [-0.4, -0.2) is 10.9 Å². The highest BCUT2D eigenvalue weighted by atomic mass is 16.3. The van der Waals surface area contributed by atoms with Crippen LogP contribution in [0.1, 0.15) is 55.5 Å². The second-order valence-corrected chi connectivity index (χ2v) is 4.13. The van der Waals surface area contributed by atoms with Crippen molar-refractivity contribution in [1.82, 2.24) is 0 Å². The van der Waals surface area contributed by atoms with Gasteiger partial charge < -0.3 is 5.11 Å². The van der Waals surface area contributed by atoms with Gasteiger partial charge in [-0.15, -0.1) is 0 Å². The Morgan fingerprint density at radius 3 is 2.56 bits per heavy atom. The normalized spacial score (nSPS) is 10.4. The molecule has 1 aromatic carbocycles. The molecule has 0 bridgehead atoms. The average Bonchev–Trinajstić information content (AvgIpc) is 2.26. The fraction of sp³-hybridized carbons (Fsp3) is 0.500. The molecule has 16 heavy (non-hydrogen) atoms. The molecule has 0 aromatic heterocycles. The Morgan fingerprint density at radius 2 is 2.00 bits per heavy atom. The molecule has 0 saturated carbocycles. The van der Waals surface area contributed by atoms with E-state index in [9.17, 15) is 9.90 Å². The molecule has 0 spiro atoms. The van der Waals surface area contributed by atoms with E-state index in [4.69, 9.17) is 0 Å². The molecule has 0 aliphatic rings. The Balaban J connectivity index is 2.77. The quantitative estimate of drug-likeness (QED) is 0.742. The molecule has 88 valence electrons. The molecule has 1 N–H and O–H groups in total. The van der Waals surface area contributed by atoms with E-state index in [0.29, 0.717) is 12.0 Å². The SMILES string of the molecule is CCCCC(=O)c1ccc(CCC)cc1O. The van der Waals surface area contributed by atoms with E-state index < -0.39 is 0 Å². The topological polar surface area (TPSA) is 37.3 Å². The van der Waals surface area contributed by atoms with Gasteiger partial charge in [0.2, 0.25) is 0 Å². The third-order valence-corrected chi connectivity index (χ3v) is 2.66. The highest BCUT2D eigenvalue weighted by Gasteiger charge is 2.10. The summed E-state index contributed by atoms with van der Waals surface area (Å²) in [6.45, 7) is 4.15. The van der Waals surface area contributed by atoms with E-state index in [1.54, 1.807) is 12.1 Å². The van der Waals surface area contributed by atoms with Crippen molar-refractivity contribution in [3.63, 3.8) is 0 Å². The van der Waals surface area contributed by atoms with Gasteiger partial charge in [-0.2, -0.15) is 0 Å². The minimum absolute atomic E-state index is 0.0439. The van der Waals surface area contributed by atoms with Gasteiger partial charge in [-0.3, -0.25) is 4.79 Å². The largest absolute Gasteiger partial charge is 0.507 e. The molecule has 2 nitrogen and oxygen atoms in total. The first-order valence-electron chi connectivity index (χ1n) is 6.04. The van der Waals surface area contributed by atoms with Crippen LogP contribution in [0.2, 0.25) is 0 Å². The van der Waals surface area contributed by atoms with Gasteiger partial charge in [0, 0.05) is 6.42 Å². The zero-order valence-electron chi connectivity index (χ0n) is 10.1. The van der Waals surface area contributed by atoms with Crippen molar-refractivity contribution in [3.05, 3.63) is 29.3 Å². The second-order valence-electron chi connectivity index (χ2n) is 4.13. The number of aromatic hydroxyl groups is 1. The minimum atomic E-state index is 0.0439. The fourth-order valence-electron chi connectivity index (χ4n) is 1.73. The summed E-state index contributed by atoms with van der Waals surface area (Å²) in [5, 5.41) is 9.77. The number of carbonyl (C=O) groups excluding carboxylic acids is 1. The zero-order chi connectivity index (χ0) is 12.0. The summed E-state index contributed by atoms with van der Waals surface area (Å²) >= 11 is 0. The summed E-state index contributed by atoms with van der Waals surface area (Å²) in [7, 11) is 0. The first kappa shape index (κ1) is 12.8. The molecule has 0 fully saturated rings. The fourth-order valence-corrected chi connectivity index (χ4v) is 1.73. The van der Waals surface area contributed by atoms with E-state index in [0.717, 1.165) is 31.2 Å². The highest BCUT2D eigenvalue weighted by molar-refractivity contribution is 5.98. The van der Waals surface area contributed by atoms with Gasteiger partial charge in [0.15, 0.2) is 5.78 Å². The standard InChI is InChI=1S/C14H20O2/c1-3-5-7-13(15)12-9-8-11(6-4-2)10-14(12)16/h8-10,16H,3-7H2,1-2H3. The van der Waals surface area contributed by atoms with Crippen molar-refractivity contribution in [1.29, 1.82) is 0 Å². The summed E-state index contributed by atoms with van der Waals surface area (Å²) < 4.78 is 0. The van der Waals surface area contributed by atoms with Crippen LogP contribution in [0.3, 0.4) is 0 Å². The van der Waals surface area contributed by atoms with Gasteiger partial charge in [-0.1, -0.05) is 32.8 Å². The number of rotatable bonds is 6. The van der Waals surface area contributed by atoms with Crippen molar-refractivity contribution >= 4 is 5.78 Å². The second kappa shape index (κ2) is 6.31. The lowest BCUT2D eigenvalue weighted by Crippen LogP contribution is -1.99. The summed E-state index contributed by atoms with van der Waals surface area (Å²) in [4.78, 5) is 11.7. The molecule has 0 aliphatic heterocycles. The van der Waals surface area contributed by atoms with E-state index in [1.807, 2.05) is 6.07 Å². The van der Waals surface area contributed by atoms with Crippen LogP contribution >= 0.6 is 0 Å². The van der Waals surface area contributed by atoms with Crippen LogP contribution in [0.15, 0.2) is 18.2 Å². The summed E-state index contributed by atoms with van der Waals surface area (Å²) in [6, 6.07) is 5.39. The molecule has 0 aliphatic carbocycles. The molecule has 0 heterocycles. The van der Waals surface area contributed by atoms with Gasteiger partial charge in [0.05, 0.1) is 5.56 Å². The number of carbonyl (C=O) groups is 1. The molecule has 0 radical (unpaired) electrons. The minimum Gasteiger partial charge on any atom is -0.507 e. The lowest BCUT2D eigenvalue weighted by Gasteiger charge is -2.05. The Morgan fingerprint density at radius 1 is 1.25 bits per heavy atom. The van der Waals surface area contributed by atoms with Crippen LogP contribution in [0.4, 0.5) is 0 Å². The molecule has 1 aromatic rings. The van der Waals surface area contributed by atoms with Gasteiger partial charge in [0.1, 0.15) is 5.75 Å². The van der Waals surface area contributed by atoms with Gasteiger partial charge in [-0.05, 0) is 30.5 Å².